The summed E-state index contributed by atoms with van der Waals surface area (Å²) >= 11 is 0. The molecule has 178 valence electrons. The number of alkyl halides is 3. The normalized spacial score (nSPS) is 19.8. The quantitative estimate of drug-likeness (QED) is 0.461. The minimum atomic E-state index is -4.69. The lowest BCUT2D eigenvalue weighted by Crippen LogP contribution is -2.44. The van der Waals surface area contributed by atoms with E-state index >= 15 is 0 Å². The fraction of sp³-hybridized carbons (Fsp3) is 0.739. The van der Waals surface area contributed by atoms with E-state index in [2.05, 4.69) is 62.7 Å². The van der Waals surface area contributed by atoms with Gasteiger partial charge in [-0.3, -0.25) is 4.90 Å². The Hall–Kier alpha value is -1.09. The minimum Gasteiger partial charge on any atom is -0.413 e. The van der Waals surface area contributed by atoms with Crippen molar-refractivity contribution in [3.8, 4) is 5.75 Å². The third kappa shape index (κ3) is 8.40. The van der Waals surface area contributed by atoms with Crippen molar-refractivity contribution >= 4 is 8.32 Å². The highest BCUT2D eigenvalue weighted by Crippen LogP contribution is 2.38. The Kier molecular flexibility index (Phi) is 8.63. The Morgan fingerprint density at radius 1 is 1.19 bits per heavy atom. The van der Waals surface area contributed by atoms with Gasteiger partial charge in [0.1, 0.15) is 5.75 Å². The summed E-state index contributed by atoms with van der Waals surface area (Å²) in [5.41, 5.74) is 0.802. The molecule has 8 heteroatoms. The van der Waals surface area contributed by atoms with E-state index in [1.165, 1.54) is 12.1 Å². The molecule has 2 rings (SSSR count). The summed E-state index contributed by atoms with van der Waals surface area (Å²) in [6, 6.07) is 6.24. The Balaban J connectivity index is 2.08. The molecular formula is C23H39F3N2O2Si. The van der Waals surface area contributed by atoms with Crippen LogP contribution in [-0.2, 0) is 4.43 Å². The summed E-state index contributed by atoms with van der Waals surface area (Å²) in [5, 5.41) is 3.70. The number of likely N-dealkylation sites (tertiary alicyclic amines) is 1. The van der Waals surface area contributed by atoms with Crippen molar-refractivity contribution in [3.63, 3.8) is 0 Å². The zero-order chi connectivity index (χ0) is 23.4. The predicted octanol–water partition coefficient (Wildman–Crippen LogP) is 5.97. The van der Waals surface area contributed by atoms with Gasteiger partial charge in [0.2, 0.25) is 0 Å². The van der Waals surface area contributed by atoms with E-state index in [9.17, 15) is 13.2 Å². The van der Waals surface area contributed by atoms with E-state index < -0.39 is 14.7 Å². The summed E-state index contributed by atoms with van der Waals surface area (Å²) in [6.45, 7) is 18.8. The molecule has 0 amide bonds. The fourth-order valence-corrected chi connectivity index (χ4v) is 4.88. The van der Waals surface area contributed by atoms with Crippen LogP contribution >= 0.6 is 0 Å². The first-order valence-corrected chi connectivity index (χ1v) is 14.1. The van der Waals surface area contributed by atoms with Gasteiger partial charge >= 0.3 is 6.36 Å². The molecule has 0 aromatic heterocycles. The summed E-state index contributed by atoms with van der Waals surface area (Å²) in [7, 11) is -1.83. The monoisotopic (exact) mass is 460 g/mol. The number of nitrogens with zero attached hydrogens (tertiary/aromatic N) is 1. The number of ether oxygens (including phenoxy) is 1. The molecule has 1 aliphatic heterocycles. The van der Waals surface area contributed by atoms with Gasteiger partial charge in [-0.25, -0.2) is 0 Å². The van der Waals surface area contributed by atoms with Crippen LogP contribution in [0.5, 0.6) is 5.75 Å². The van der Waals surface area contributed by atoms with Crippen molar-refractivity contribution in [1.82, 2.24) is 10.2 Å². The first-order valence-electron chi connectivity index (χ1n) is 11.2. The van der Waals surface area contributed by atoms with Crippen molar-refractivity contribution in [3.05, 3.63) is 29.8 Å². The van der Waals surface area contributed by atoms with Gasteiger partial charge < -0.3 is 14.5 Å². The molecule has 1 heterocycles. The molecule has 0 unspecified atom stereocenters. The average molecular weight is 461 g/mol. The van der Waals surface area contributed by atoms with E-state index in [0.717, 1.165) is 38.2 Å². The topological polar surface area (TPSA) is 33.7 Å². The zero-order valence-corrected chi connectivity index (χ0v) is 21.0. The third-order valence-corrected chi connectivity index (χ3v) is 10.7. The highest BCUT2D eigenvalue weighted by molar-refractivity contribution is 6.74. The van der Waals surface area contributed by atoms with Gasteiger partial charge in [-0.1, -0.05) is 46.8 Å². The molecule has 0 spiro atoms. The zero-order valence-electron chi connectivity index (χ0n) is 20.0. The number of hydrogen-bond donors (Lipinski definition) is 1. The van der Waals surface area contributed by atoms with Crippen molar-refractivity contribution in [2.45, 2.75) is 77.7 Å². The van der Waals surface area contributed by atoms with Crippen LogP contribution in [0.1, 0.15) is 52.6 Å². The van der Waals surface area contributed by atoms with Crippen molar-refractivity contribution in [2.24, 2.45) is 5.92 Å². The van der Waals surface area contributed by atoms with Crippen LogP contribution in [-0.4, -0.2) is 51.9 Å². The molecule has 0 bridgehead atoms. The summed E-state index contributed by atoms with van der Waals surface area (Å²) in [4.78, 5) is 2.35. The average Bonchev–Trinajstić information content (AvgIpc) is 3.02. The van der Waals surface area contributed by atoms with E-state index in [4.69, 9.17) is 4.43 Å². The van der Waals surface area contributed by atoms with Crippen molar-refractivity contribution < 1.29 is 22.3 Å². The van der Waals surface area contributed by atoms with E-state index in [1.54, 1.807) is 6.07 Å². The van der Waals surface area contributed by atoms with Crippen LogP contribution in [0.2, 0.25) is 18.1 Å². The molecule has 1 saturated heterocycles. The van der Waals surface area contributed by atoms with Gasteiger partial charge in [0.25, 0.3) is 0 Å². The predicted molar refractivity (Wildman–Crippen MR) is 122 cm³/mol. The molecule has 1 aliphatic rings. The van der Waals surface area contributed by atoms with Gasteiger partial charge in [0, 0.05) is 25.7 Å². The van der Waals surface area contributed by atoms with E-state index in [-0.39, 0.29) is 22.9 Å². The molecule has 31 heavy (non-hydrogen) atoms. The Morgan fingerprint density at radius 2 is 1.87 bits per heavy atom. The number of nitrogens with one attached hydrogen (secondary N) is 1. The van der Waals surface area contributed by atoms with Crippen LogP contribution in [0.25, 0.3) is 0 Å². The molecule has 4 nitrogen and oxygen atoms in total. The summed E-state index contributed by atoms with van der Waals surface area (Å²) in [6.07, 6.45) is -3.49. The molecule has 0 saturated carbocycles. The molecule has 1 aromatic carbocycles. The maximum atomic E-state index is 12.7. The second-order valence-electron chi connectivity index (χ2n) is 10.5. The molecule has 1 aromatic rings. The number of rotatable bonds is 9. The molecule has 0 aliphatic carbocycles. The van der Waals surface area contributed by atoms with Crippen molar-refractivity contribution in [2.75, 3.05) is 26.2 Å². The summed E-state index contributed by atoms with van der Waals surface area (Å²) < 4.78 is 48.7. The lowest BCUT2D eigenvalue weighted by molar-refractivity contribution is -0.274. The van der Waals surface area contributed by atoms with Gasteiger partial charge in [-0.2, -0.15) is 0 Å². The maximum absolute atomic E-state index is 12.7. The van der Waals surface area contributed by atoms with Crippen LogP contribution in [0.3, 0.4) is 0 Å². The molecule has 0 radical (unpaired) electrons. The Morgan fingerprint density at radius 3 is 2.45 bits per heavy atom. The Bertz CT molecular complexity index is 705. The number of halogens is 3. The molecule has 1 N–H and O–H groups in total. The second kappa shape index (κ2) is 10.2. The fourth-order valence-electron chi connectivity index (χ4n) is 3.50. The lowest BCUT2D eigenvalue weighted by Gasteiger charge is -2.38. The van der Waals surface area contributed by atoms with Crippen LogP contribution in [0.4, 0.5) is 13.2 Å². The van der Waals surface area contributed by atoms with Gasteiger partial charge in [0.15, 0.2) is 8.32 Å². The first kappa shape index (κ1) is 26.2. The molecule has 2 atom stereocenters. The van der Waals surface area contributed by atoms with E-state index in [0.29, 0.717) is 5.92 Å². The SMILES string of the molecule is CC(C)CN[C@H](CN1CC[C@@H](O[Si](C)(C)C(C)(C)C)C1)c1cccc(OC(F)(F)F)c1. The molecular weight excluding hydrogens is 421 g/mol. The largest absolute Gasteiger partial charge is 0.573 e. The van der Waals surface area contributed by atoms with Crippen LogP contribution < -0.4 is 10.1 Å². The highest BCUT2D eigenvalue weighted by Gasteiger charge is 2.40. The first-order chi connectivity index (χ1) is 14.2. The van der Waals surface area contributed by atoms with E-state index in [1.807, 2.05) is 6.07 Å². The minimum absolute atomic E-state index is 0.0780. The maximum Gasteiger partial charge on any atom is 0.573 e. The molecule has 1 fully saturated rings. The number of benzene rings is 1. The highest BCUT2D eigenvalue weighted by atomic mass is 28.4. The van der Waals surface area contributed by atoms with Crippen LogP contribution in [0, 0.1) is 5.92 Å². The summed E-state index contributed by atoms with van der Waals surface area (Å²) in [5.74, 6) is 0.257. The standard InChI is InChI=1S/C23H39F3N2O2Si/c1-17(2)14-27-21(18-9-8-10-19(13-18)29-23(24,25)26)16-28-12-11-20(15-28)30-31(6,7)22(3,4)5/h8-10,13,17,20-21,27H,11-12,14-16H2,1-7H3/t20-,21-/m1/s1. The van der Waals surface area contributed by atoms with Crippen LogP contribution in [0.15, 0.2) is 24.3 Å². The van der Waals surface area contributed by atoms with Gasteiger partial charge in [-0.15, -0.1) is 13.2 Å². The smallest absolute Gasteiger partial charge is 0.413 e. The Labute approximate surface area is 186 Å². The van der Waals surface area contributed by atoms with Gasteiger partial charge in [0.05, 0.1) is 6.10 Å². The second-order valence-corrected chi connectivity index (χ2v) is 15.3. The van der Waals surface area contributed by atoms with Crippen molar-refractivity contribution in [1.29, 1.82) is 0 Å². The lowest BCUT2D eigenvalue weighted by atomic mass is 10.0. The third-order valence-electron chi connectivity index (χ3n) is 6.20. The number of hydrogen-bond acceptors (Lipinski definition) is 4. The van der Waals surface area contributed by atoms with Gasteiger partial charge in [-0.05, 0) is 54.7 Å².